The fraction of sp³-hybridized carbons (Fsp3) is 0.488. The van der Waals surface area contributed by atoms with Crippen LogP contribution in [0.1, 0.15) is 63.0 Å². The number of hydrogen-bond donors (Lipinski definition) is 10. The Morgan fingerprint density at radius 1 is 0.656 bits per heavy atom. The van der Waals surface area contributed by atoms with Crippen molar-refractivity contribution >= 4 is 59.1 Å². The fourth-order valence-corrected chi connectivity index (χ4v) is 8.02. The number of benzene rings is 2. The summed E-state index contributed by atoms with van der Waals surface area (Å²) in [4.78, 5) is 126. The van der Waals surface area contributed by atoms with Crippen LogP contribution in [0.5, 0.6) is 0 Å². The van der Waals surface area contributed by atoms with Crippen LogP contribution in [-0.4, -0.2) is 137 Å². The van der Waals surface area contributed by atoms with Crippen molar-refractivity contribution in [2.24, 2.45) is 11.5 Å². The van der Waals surface area contributed by atoms with Crippen LogP contribution in [0.4, 0.5) is 0 Å². The lowest BCUT2D eigenvalue weighted by molar-refractivity contribution is -0.147. The molecule has 7 atom stereocenters. The van der Waals surface area contributed by atoms with Gasteiger partial charge in [0.1, 0.15) is 42.3 Å². The Labute approximate surface area is 370 Å². The van der Waals surface area contributed by atoms with Crippen molar-refractivity contribution in [3.8, 4) is 0 Å². The molecule has 0 radical (unpaired) electrons. The number of primary amides is 1. The van der Waals surface area contributed by atoms with E-state index in [1.807, 2.05) is 0 Å². The topological polar surface area (TPSA) is 320 Å². The van der Waals surface area contributed by atoms with Gasteiger partial charge in [-0.05, 0) is 56.6 Å². The number of nitrogens with zero attached hydrogens (tertiary/aromatic N) is 2. The highest BCUT2D eigenvalue weighted by molar-refractivity contribution is 5.99. The molecule has 3 aliphatic rings. The van der Waals surface area contributed by atoms with Gasteiger partial charge < -0.3 is 58.5 Å². The molecule has 0 saturated carbocycles. The summed E-state index contributed by atoms with van der Waals surface area (Å²) < 4.78 is 0. The predicted octanol–water partition coefficient (Wildman–Crippen LogP) is -2.83. The van der Waals surface area contributed by atoms with Crippen molar-refractivity contribution in [3.05, 3.63) is 71.8 Å². The van der Waals surface area contributed by atoms with E-state index < -0.39 is 108 Å². The molecule has 9 amide bonds. The summed E-state index contributed by atoms with van der Waals surface area (Å²) in [5.41, 5.74) is 12.2. The van der Waals surface area contributed by atoms with E-state index in [4.69, 9.17) is 16.9 Å². The summed E-state index contributed by atoms with van der Waals surface area (Å²) in [7, 11) is 0. The molecule has 3 saturated heterocycles. The number of nitrogens with one attached hydrogen (secondary N) is 8. The van der Waals surface area contributed by atoms with Crippen molar-refractivity contribution in [2.75, 3.05) is 26.2 Å². The molecular weight excluding hydrogens is 829 g/mol. The number of fused-ring (bicyclic) bond motifs is 2. The second-order valence-electron chi connectivity index (χ2n) is 16.2. The summed E-state index contributed by atoms with van der Waals surface area (Å²) in [5.74, 6) is -7.05. The second kappa shape index (κ2) is 22.9. The monoisotopic (exact) mass is 886 g/mol. The van der Waals surface area contributed by atoms with E-state index in [9.17, 15) is 43.2 Å². The zero-order valence-electron chi connectivity index (χ0n) is 35.7. The standard InChI is InChI=1S/C43H58N12O9/c1-25-36(58)48-24-35(57)54-19-10-17-33(54)42(64)55-20-9-16-32(55)41(63)50-28(15-8-18-47-43(45)46)37(59)51-29(21-26-11-4-2-5-12-26)39(61)52-30(22-27-13-6-3-7-14-27)40(62)53-31(23-34(44)56)38(60)49-25/h2-7,11-14,25,28-33H,8-10,15-24H2,1H3,(H2,44,56)(H,48,58)(H,49,60)(H,50,63)(H,51,59)(H,52,61)(H,53,62)(H4,45,46,47)/t25-,28-,29-,30-,31-,32-,33+/m0/s1. The molecule has 5 rings (SSSR count). The van der Waals surface area contributed by atoms with E-state index in [0.717, 1.165) is 0 Å². The van der Waals surface area contributed by atoms with Crippen molar-refractivity contribution in [1.29, 1.82) is 5.41 Å². The lowest BCUT2D eigenvalue weighted by Crippen LogP contribution is -2.61. The van der Waals surface area contributed by atoms with Crippen LogP contribution in [0.2, 0.25) is 0 Å². The number of amides is 9. The second-order valence-corrected chi connectivity index (χ2v) is 16.2. The molecule has 3 heterocycles. The molecule has 0 aromatic heterocycles. The molecule has 0 unspecified atom stereocenters. The van der Waals surface area contributed by atoms with E-state index in [-0.39, 0.29) is 57.7 Å². The summed E-state index contributed by atoms with van der Waals surface area (Å²) in [5, 5.41) is 25.9. The molecule has 0 spiro atoms. The molecule has 3 fully saturated rings. The van der Waals surface area contributed by atoms with Gasteiger partial charge >= 0.3 is 0 Å². The largest absolute Gasteiger partial charge is 0.370 e. The van der Waals surface area contributed by atoms with Gasteiger partial charge in [0.25, 0.3) is 0 Å². The van der Waals surface area contributed by atoms with E-state index in [0.29, 0.717) is 30.4 Å². The fourth-order valence-electron chi connectivity index (χ4n) is 8.02. The normalized spacial score (nSPS) is 25.6. The van der Waals surface area contributed by atoms with Gasteiger partial charge in [0.05, 0.1) is 13.0 Å². The van der Waals surface area contributed by atoms with Gasteiger partial charge in [-0.15, -0.1) is 0 Å². The van der Waals surface area contributed by atoms with E-state index in [1.54, 1.807) is 60.7 Å². The first-order valence-corrected chi connectivity index (χ1v) is 21.4. The van der Waals surface area contributed by atoms with Crippen LogP contribution in [-0.2, 0) is 56.0 Å². The lowest BCUT2D eigenvalue weighted by atomic mass is 10.0. The molecular formula is C43H58N12O9. The van der Waals surface area contributed by atoms with E-state index in [1.165, 1.54) is 16.7 Å². The maximum Gasteiger partial charge on any atom is 0.246 e. The molecule has 2 aromatic carbocycles. The molecule has 64 heavy (non-hydrogen) atoms. The van der Waals surface area contributed by atoms with E-state index >= 15 is 0 Å². The van der Waals surface area contributed by atoms with Crippen molar-refractivity contribution in [1.82, 2.24) is 47.0 Å². The van der Waals surface area contributed by atoms with E-state index in [2.05, 4.69) is 37.2 Å². The van der Waals surface area contributed by atoms with Gasteiger partial charge in [0, 0.05) is 32.5 Å². The zero-order valence-corrected chi connectivity index (χ0v) is 35.7. The van der Waals surface area contributed by atoms with Gasteiger partial charge in [0.2, 0.25) is 53.2 Å². The summed E-state index contributed by atoms with van der Waals surface area (Å²) >= 11 is 0. The molecule has 3 aliphatic heterocycles. The minimum absolute atomic E-state index is 0.0236. The van der Waals surface area contributed by atoms with Gasteiger partial charge in [0.15, 0.2) is 5.96 Å². The Balaban J connectivity index is 1.52. The molecule has 344 valence electrons. The first-order valence-electron chi connectivity index (χ1n) is 21.4. The molecule has 0 bridgehead atoms. The van der Waals surface area contributed by atoms with Crippen molar-refractivity contribution in [2.45, 2.75) is 107 Å². The van der Waals surface area contributed by atoms with Gasteiger partial charge in [-0.2, -0.15) is 0 Å². The van der Waals surface area contributed by atoms with Crippen LogP contribution in [0.15, 0.2) is 60.7 Å². The third-order valence-electron chi connectivity index (χ3n) is 11.4. The van der Waals surface area contributed by atoms with Gasteiger partial charge in [-0.3, -0.25) is 48.6 Å². The highest BCUT2D eigenvalue weighted by atomic mass is 16.2. The van der Waals surface area contributed by atoms with Crippen LogP contribution in [0.3, 0.4) is 0 Å². The third kappa shape index (κ3) is 13.5. The van der Waals surface area contributed by atoms with Crippen LogP contribution >= 0.6 is 0 Å². The molecule has 0 aliphatic carbocycles. The van der Waals surface area contributed by atoms with Crippen LogP contribution < -0.4 is 48.7 Å². The number of carbonyl (C=O) groups is 9. The first kappa shape index (κ1) is 48.0. The number of nitrogens with two attached hydrogens (primary N) is 2. The van der Waals surface area contributed by atoms with Crippen molar-refractivity contribution < 1.29 is 43.2 Å². The highest BCUT2D eigenvalue weighted by Gasteiger charge is 2.43. The number of carbonyl (C=O) groups excluding carboxylic acids is 9. The SMILES string of the molecule is C[C@@H]1NC(=O)[C@H](CC(N)=O)NC(=O)[C@H](Cc2ccccc2)NC(=O)[C@H](Cc2ccccc2)NC(=O)[C@H](CCCNC(=N)N)NC(=O)[C@@H]2CCCN2C(=O)[C@H]2CCCN2C(=O)CNC1=O. The molecule has 21 nitrogen and oxygen atoms in total. The number of guanidine groups is 1. The smallest absolute Gasteiger partial charge is 0.246 e. The average Bonchev–Trinajstić information content (AvgIpc) is 3.97. The quantitative estimate of drug-likeness (QED) is 0.0659. The predicted molar refractivity (Wildman–Crippen MR) is 231 cm³/mol. The van der Waals surface area contributed by atoms with Gasteiger partial charge in [-0.1, -0.05) is 60.7 Å². The summed E-state index contributed by atoms with van der Waals surface area (Å²) in [6.45, 7) is 1.42. The average molecular weight is 887 g/mol. The minimum atomic E-state index is -1.60. The molecule has 2 aromatic rings. The van der Waals surface area contributed by atoms with Crippen LogP contribution in [0, 0.1) is 5.41 Å². The Bertz CT molecular complexity index is 2060. The Kier molecular flexibility index (Phi) is 17.1. The van der Waals surface area contributed by atoms with Gasteiger partial charge in [-0.25, -0.2) is 0 Å². The zero-order chi connectivity index (χ0) is 46.3. The summed E-state index contributed by atoms with van der Waals surface area (Å²) in [6, 6.07) is 8.63. The third-order valence-corrected chi connectivity index (χ3v) is 11.4. The van der Waals surface area contributed by atoms with Crippen LogP contribution in [0.25, 0.3) is 0 Å². The Morgan fingerprint density at radius 2 is 1.16 bits per heavy atom. The number of rotatable bonds is 10. The number of hydrogen-bond acceptors (Lipinski definition) is 10. The maximum absolute atomic E-state index is 14.4. The minimum Gasteiger partial charge on any atom is -0.370 e. The molecule has 12 N–H and O–H groups in total. The Morgan fingerprint density at radius 3 is 1.72 bits per heavy atom. The summed E-state index contributed by atoms with van der Waals surface area (Å²) in [6.07, 6.45) is 0.986. The molecule has 21 heteroatoms. The Hall–Kier alpha value is -7.06. The lowest BCUT2D eigenvalue weighted by Gasteiger charge is -2.32. The highest BCUT2D eigenvalue weighted by Crippen LogP contribution is 2.25. The maximum atomic E-state index is 14.4. The first-order chi connectivity index (χ1) is 30.6. The van der Waals surface area contributed by atoms with Crippen molar-refractivity contribution in [3.63, 3.8) is 0 Å².